The number of fused-ring (bicyclic) bond motifs is 1. The molecule has 0 aliphatic rings. The monoisotopic (exact) mass is 222 g/mol. The van der Waals surface area contributed by atoms with Crippen LogP contribution in [0.5, 0.6) is 0 Å². The Labute approximate surface area is 94.6 Å². The fourth-order valence-corrected chi connectivity index (χ4v) is 2.51. The number of hydrogen-bond donors (Lipinski definition) is 1. The first kappa shape index (κ1) is 10.5. The molecule has 1 heterocycles. The Bertz CT molecular complexity index is 506. The smallest absolute Gasteiger partial charge is 0.0839 e. The third kappa shape index (κ3) is 1.63. The van der Waals surface area contributed by atoms with Crippen LogP contribution in [0.4, 0.5) is 0 Å². The van der Waals surface area contributed by atoms with E-state index < -0.39 is 0 Å². The van der Waals surface area contributed by atoms with Crippen molar-refractivity contribution >= 4 is 22.5 Å². The van der Waals surface area contributed by atoms with Gasteiger partial charge in [0.25, 0.3) is 0 Å². The number of hydrogen-bond acceptors (Lipinski definition) is 1. The average Bonchev–Trinajstić information content (AvgIpc) is 2.49. The van der Waals surface area contributed by atoms with Crippen molar-refractivity contribution in [1.82, 2.24) is 10.2 Å². The molecule has 2 rings (SSSR count). The average molecular weight is 223 g/mol. The van der Waals surface area contributed by atoms with Crippen molar-refractivity contribution in [1.29, 1.82) is 0 Å². The summed E-state index contributed by atoms with van der Waals surface area (Å²) in [5.41, 5.74) is 3.58. The summed E-state index contributed by atoms with van der Waals surface area (Å²) in [5, 5.41) is 8.89. The van der Waals surface area contributed by atoms with E-state index in [1.54, 1.807) is 0 Å². The van der Waals surface area contributed by atoms with E-state index in [9.17, 15) is 0 Å². The zero-order valence-corrected chi connectivity index (χ0v) is 10.2. The summed E-state index contributed by atoms with van der Waals surface area (Å²) in [6.45, 7) is 8.71. The zero-order valence-electron chi connectivity index (χ0n) is 9.48. The summed E-state index contributed by atoms with van der Waals surface area (Å²) in [4.78, 5) is 0. The van der Waals surface area contributed by atoms with E-state index >= 15 is 0 Å². The summed E-state index contributed by atoms with van der Waals surface area (Å²) in [6, 6.07) is 2.00. The van der Waals surface area contributed by atoms with Gasteiger partial charge in [-0.05, 0) is 29.5 Å². The predicted molar refractivity (Wildman–Crippen MR) is 64.5 cm³/mol. The second-order valence-corrected chi connectivity index (χ2v) is 5.37. The van der Waals surface area contributed by atoms with Gasteiger partial charge in [-0.1, -0.05) is 32.4 Å². The van der Waals surface area contributed by atoms with Gasteiger partial charge in [0.2, 0.25) is 0 Å². The summed E-state index contributed by atoms with van der Waals surface area (Å²) in [6.07, 6.45) is 1.86. The highest BCUT2D eigenvalue weighted by molar-refractivity contribution is 6.35. The number of aryl methyl sites for hydroxylation is 1. The Kier molecular flexibility index (Phi) is 2.27. The van der Waals surface area contributed by atoms with Crippen molar-refractivity contribution < 1.29 is 0 Å². The van der Waals surface area contributed by atoms with Crippen molar-refractivity contribution in [2.45, 2.75) is 33.1 Å². The van der Waals surface area contributed by atoms with Gasteiger partial charge in [-0.3, -0.25) is 5.10 Å². The van der Waals surface area contributed by atoms with Crippen LogP contribution in [0.2, 0.25) is 5.02 Å². The number of halogens is 1. The lowest BCUT2D eigenvalue weighted by molar-refractivity contribution is 0.592. The molecular weight excluding hydrogens is 208 g/mol. The standard InChI is InChI=1S/C12H15ClN2/c1-7-5-9(13)11-8(6-14-15-11)10(7)12(2,3)4/h5-6H,1-4H3,(H,14,15). The molecule has 80 valence electrons. The first-order chi connectivity index (χ1) is 6.91. The van der Waals surface area contributed by atoms with Crippen LogP contribution in [0, 0.1) is 6.92 Å². The molecule has 0 aliphatic heterocycles. The van der Waals surface area contributed by atoms with Gasteiger partial charge < -0.3 is 0 Å². The van der Waals surface area contributed by atoms with Gasteiger partial charge >= 0.3 is 0 Å². The van der Waals surface area contributed by atoms with Crippen molar-refractivity contribution in [3.05, 3.63) is 28.4 Å². The van der Waals surface area contributed by atoms with Gasteiger partial charge in [0.1, 0.15) is 0 Å². The predicted octanol–water partition coefficient (Wildman–Crippen LogP) is 3.82. The van der Waals surface area contributed by atoms with Crippen molar-refractivity contribution in [3.8, 4) is 0 Å². The van der Waals surface area contributed by atoms with E-state index in [1.165, 1.54) is 11.1 Å². The molecule has 0 radical (unpaired) electrons. The first-order valence-electron chi connectivity index (χ1n) is 5.04. The molecule has 0 atom stereocenters. The molecule has 1 aromatic carbocycles. The molecule has 0 aliphatic carbocycles. The lowest BCUT2D eigenvalue weighted by atomic mass is 9.82. The molecule has 0 amide bonds. The maximum absolute atomic E-state index is 6.15. The largest absolute Gasteiger partial charge is 0.276 e. The lowest BCUT2D eigenvalue weighted by Crippen LogP contribution is -2.13. The van der Waals surface area contributed by atoms with Gasteiger partial charge in [-0.2, -0.15) is 5.10 Å². The number of aromatic nitrogens is 2. The zero-order chi connectivity index (χ0) is 11.2. The fourth-order valence-electron chi connectivity index (χ4n) is 2.20. The number of nitrogens with zero attached hydrogens (tertiary/aromatic N) is 1. The highest BCUT2D eigenvalue weighted by Gasteiger charge is 2.21. The van der Waals surface area contributed by atoms with Crippen molar-refractivity contribution in [3.63, 3.8) is 0 Å². The van der Waals surface area contributed by atoms with E-state index in [2.05, 4.69) is 37.9 Å². The quantitative estimate of drug-likeness (QED) is 0.721. The van der Waals surface area contributed by atoms with E-state index in [0.717, 1.165) is 15.9 Å². The second kappa shape index (κ2) is 3.24. The molecule has 1 N–H and O–H groups in total. The van der Waals surface area contributed by atoms with Crippen LogP contribution in [0.15, 0.2) is 12.3 Å². The van der Waals surface area contributed by atoms with Gasteiger partial charge in [0.15, 0.2) is 0 Å². The van der Waals surface area contributed by atoms with E-state index in [1.807, 2.05) is 12.3 Å². The normalized spacial score (nSPS) is 12.3. The minimum atomic E-state index is 0.108. The number of aromatic amines is 1. The summed E-state index contributed by atoms with van der Waals surface area (Å²) >= 11 is 6.15. The minimum absolute atomic E-state index is 0.108. The number of benzene rings is 1. The van der Waals surface area contributed by atoms with E-state index in [0.29, 0.717) is 0 Å². The third-order valence-corrected chi connectivity index (χ3v) is 2.93. The summed E-state index contributed by atoms with van der Waals surface area (Å²) in [7, 11) is 0. The molecule has 3 heteroatoms. The summed E-state index contributed by atoms with van der Waals surface area (Å²) in [5.74, 6) is 0. The van der Waals surface area contributed by atoms with E-state index in [-0.39, 0.29) is 5.41 Å². The van der Waals surface area contributed by atoms with Gasteiger partial charge in [-0.25, -0.2) is 0 Å². The fraction of sp³-hybridized carbons (Fsp3) is 0.417. The van der Waals surface area contributed by atoms with Gasteiger partial charge in [-0.15, -0.1) is 0 Å². The maximum atomic E-state index is 6.15. The molecule has 0 saturated heterocycles. The first-order valence-corrected chi connectivity index (χ1v) is 5.41. The van der Waals surface area contributed by atoms with Crippen LogP contribution in [0.1, 0.15) is 31.9 Å². The molecule has 2 nitrogen and oxygen atoms in total. The Morgan fingerprint density at radius 3 is 2.60 bits per heavy atom. The molecular formula is C12H15ClN2. The Morgan fingerprint density at radius 1 is 1.33 bits per heavy atom. The maximum Gasteiger partial charge on any atom is 0.0839 e. The molecule has 0 bridgehead atoms. The SMILES string of the molecule is Cc1cc(Cl)c2[nH]ncc2c1C(C)(C)C. The number of H-pyrrole nitrogens is 1. The Morgan fingerprint density at radius 2 is 2.00 bits per heavy atom. The van der Waals surface area contributed by atoms with Crippen LogP contribution < -0.4 is 0 Å². The van der Waals surface area contributed by atoms with Crippen molar-refractivity contribution in [2.75, 3.05) is 0 Å². The molecule has 0 fully saturated rings. The van der Waals surface area contributed by atoms with Crippen LogP contribution in [-0.2, 0) is 5.41 Å². The molecule has 0 saturated carbocycles. The van der Waals surface area contributed by atoms with Crippen LogP contribution in [0.25, 0.3) is 10.9 Å². The van der Waals surface area contributed by atoms with Crippen LogP contribution in [-0.4, -0.2) is 10.2 Å². The van der Waals surface area contributed by atoms with E-state index in [4.69, 9.17) is 11.6 Å². The highest BCUT2D eigenvalue weighted by Crippen LogP contribution is 2.35. The molecule has 1 aromatic heterocycles. The highest BCUT2D eigenvalue weighted by atomic mass is 35.5. The molecule has 0 spiro atoms. The lowest BCUT2D eigenvalue weighted by Gasteiger charge is -2.22. The summed E-state index contributed by atoms with van der Waals surface area (Å²) < 4.78 is 0. The third-order valence-electron chi connectivity index (χ3n) is 2.64. The Hall–Kier alpha value is -1.02. The number of rotatable bonds is 0. The van der Waals surface area contributed by atoms with Gasteiger partial charge in [0.05, 0.1) is 16.7 Å². The minimum Gasteiger partial charge on any atom is -0.276 e. The van der Waals surface area contributed by atoms with Gasteiger partial charge in [0, 0.05) is 5.39 Å². The molecule has 2 aromatic rings. The van der Waals surface area contributed by atoms with Crippen LogP contribution >= 0.6 is 11.6 Å². The molecule has 0 unspecified atom stereocenters. The number of nitrogens with one attached hydrogen (secondary N) is 1. The topological polar surface area (TPSA) is 28.7 Å². The van der Waals surface area contributed by atoms with Crippen LogP contribution in [0.3, 0.4) is 0 Å². The molecule has 15 heavy (non-hydrogen) atoms. The second-order valence-electron chi connectivity index (χ2n) is 4.96. The Balaban J connectivity index is 2.89. The van der Waals surface area contributed by atoms with Crippen molar-refractivity contribution in [2.24, 2.45) is 0 Å².